The summed E-state index contributed by atoms with van der Waals surface area (Å²) in [5.74, 6) is -0.0549. The number of aliphatic hydroxyl groups excluding tert-OH is 1. The quantitative estimate of drug-likeness (QED) is 0.754. The summed E-state index contributed by atoms with van der Waals surface area (Å²) < 4.78 is 19.1. The predicted octanol–water partition coefficient (Wildman–Crippen LogP) is 4.27. The Morgan fingerprint density at radius 2 is 1.90 bits per heavy atom. The van der Waals surface area contributed by atoms with Crippen LogP contribution < -0.4 is 0 Å². The van der Waals surface area contributed by atoms with E-state index >= 15 is 0 Å². The molecular formula is C17H15FO2. The van der Waals surface area contributed by atoms with E-state index in [1.54, 1.807) is 18.2 Å². The normalized spacial score (nSPS) is 12.8. The Labute approximate surface area is 116 Å². The Bertz CT molecular complexity index is 774. The summed E-state index contributed by atoms with van der Waals surface area (Å²) in [6.45, 7) is 3.90. The summed E-state index contributed by atoms with van der Waals surface area (Å²) in [6.07, 6.45) is -0.887. The van der Waals surface area contributed by atoms with Gasteiger partial charge in [0, 0.05) is 5.39 Å². The molecule has 20 heavy (non-hydrogen) atoms. The van der Waals surface area contributed by atoms with Gasteiger partial charge in [-0.1, -0.05) is 35.9 Å². The summed E-state index contributed by atoms with van der Waals surface area (Å²) in [5, 5.41) is 11.1. The Balaban J connectivity index is 2.10. The topological polar surface area (TPSA) is 33.4 Å². The Kier molecular flexibility index (Phi) is 3.07. The van der Waals surface area contributed by atoms with Gasteiger partial charge in [-0.15, -0.1) is 0 Å². The van der Waals surface area contributed by atoms with Crippen LogP contribution in [0.5, 0.6) is 0 Å². The van der Waals surface area contributed by atoms with E-state index in [1.807, 2.05) is 32.0 Å². The van der Waals surface area contributed by atoms with Crippen LogP contribution >= 0.6 is 0 Å². The molecule has 0 aliphatic rings. The molecule has 0 bridgehead atoms. The molecule has 3 rings (SSSR count). The lowest BCUT2D eigenvalue weighted by atomic mass is 9.99. The molecule has 1 atom stereocenters. The Morgan fingerprint density at radius 1 is 1.10 bits per heavy atom. The molecule has 102 valence electrons. The first kappa shape index (κ1) is 12.9. The van der Waals surface area contributed by atoms with E-state index in [0.717, 1.165) is 16.7 Å². The number of aliphatic hydroxyl groups is 1. The van der Waals surface area contributed by atoms with E-state index < -0.39 is 11.9 Å². The highest BCUT2D eigenvalue weighted by Gasteiger charge is 2.18. The van der Waals surface area contributed by atoms with Gasteiger partial charge in [0.05, 0.1) is 0 Å². The van der Waals surface area contributed by atoms with Crippen LogP contribution in [0.15, 0.2) is 46.9 Å². The fraction of sp³-hybridized carbons (Fsp3) is 0.176. The number of hydrogen-bond donors (Lipinski definition) is 1. The van der Waals surface area contributed by atoms with Crippen molar-refractivity contribution in [2.45, 2.75) is 20.0 Å². The summed E-state index contributed by atoms with van der Waals surface area (Å²) in [5.41, 5.74) is 3.01. The number of rotatable bonds is 2. The first-order chi connectivity index (χ1) is 9.56. The number of benzene rings is 2. The maximum Gasteiger partial charge on any atom is 0.170 e. The first-order valence-electron chi connectivity index (χ1n) is 6.49. The third-order valence-corrected chi connectivity index (χ3v) is 3.51. The average Bonchev–Trinajstić information content (AvgIpc) is 2.86. The molecule has 0 radical (unpaired) electrons. The molecule has 0 fully saturated rings. The van der Waals surface area contributed by atoms with Gasteiger partial charge < -0.3 is 9.52 Å². The summed E-state index contributed by atoms with van der Waals surface area (Å²) >= 11 is 0. The van der Waals surface area contributed by atoms with Gasteiger partial charge in [-0.3, -0.25) is 0 Å². The van der Waals surface area contributed by atoms with Gasteiger partial charge >= 0.3 is 0 Å². The van der Waals surface area contributed by atoms with Gasteiger partial charge in [-0.05, 0) is 37.1 Å². The lowest BCUT2D eigenvalue weighted by Crippen LogP contribution is -2.01. The van der Waals surface area contributed by atoms with Crippen molar-refractivity contribution in [1.29, 1.82) is 0 Å². The molecule has 0 spiro atoms. The summed E-state index contributed by atoms with van der Waals surface area (Å²) in [4.78, 5) is 0. The number of hydrogen-bond acceptors (Lipinski definition) is 2. The fourth-order valence-electron chi connectivity index (χ4n) is 2.39. The van der Waals surface area contributed by atoms with Crippen molar-refractivity contribution in [3.05, 3.63) is 70.7 Å². The molecule has 2 aromatic carbocycles. The van der Waals surface area contributed by atoms with E-state index in [0.29, 0.717) is 11.1 Å². The first-order valence-corrected chi connectivity index (χ1v) is 6.49. The predicted molar refractivity (Wildman–Crippen MR) is 76.1 cm³/mol. The van der Waals surface area contributed by atoms with Crippen LogP contribution in [-0.2, 0) is 0 Å². The maximum absolute atomic E-state index is 13.6. The minimum Gasteiger partial charge on any atom is -0.455 e. The zero-order chi connectivity index (χ0) is 14.3. The van der Waals surface area contributed by atoms with Gasteiger partial charge in [-0.25, -0.2) is 4.39 Å². The van der Waals surface area contributed by atoms with Crippen LogP contribution in [0, 0.1) is 19.7 Å². The highest BCUT2D eigenvalue weighted by atomic mass is 19.1. The molecule has 0 aliphatic heterocycles. The van der Waals surface area contributed by atoms with Gasteiger partial charge in [0.25, 0.3) is 0 Å². The number of aryl methyl sites for hydroxylation is 2. The van der Waals surface area contributed by atoms with Crippen molar-refractivity contribution >= 4 is 11.0 Å². The zero-order valence-electron chi connectivity index (χ0n) is 11.4. The van der Waals surface area contributed by atoms with Crippen molar-refractivity contribution in [2.24, 2.45) is 0 Å². The second-order valence-electron chi connectivity index (χ2n) is 5.07. The summed E-state index contributed by atoms with van der Waals surface area (Å²) in [7, 11) is 0. The molecular weight excluding hydrogens is 255 g/mol. The minimum atomic E-state index is -0.887. The molecule has 0 amide bonds. The van der Waals surface area contributed by atoms with Crippen LogP contribution in [0.2, 0.25) is 0 Å². The van der Waals surface area contributed by atoms with Crippen molar-refractivity contribution in [1.82, 2.24) is 0 Å². The third kappa shape index (κ3) is 2.10. The second kappa shape index (κ2) is 4.76. The van der Waals surface area contributed by atoms with Gasteiger partial charge in [-0.2, -0.15) is 0 Å². The van der Waals surface area contributed by atoms with Crippen LogP contribution in [0.1, 0.15) is 28.6 Å². The average molecular weight is 270 g/mol. The highest BCUT2D eigenvalue weighted by molar-refractivity contribution is 5.78. The van der Waals surface area contributed by atoms with Crippen LogP contribution in [0.25, 0.3) is 11.0 Å². The van der Waals surface area contributed by atoms with Crippen LogP contribution in [-0.4, -0.2) is 5.11 Å². The molecule has 2 nitrogen and oxygen atoms in total. The van der Waals surface area contributed by atoms with E-state index in [2.05, 4.69) is 0 Å². The number of fused-ring (bicyclic) bond motifs is 1. The van der Waals surface area contributed by atoms with E-state index in [4.69, 9.17) is 4.42 Å². The van der Waals surface area contributed by atoms with Gasteiger partial charge in [0.15, 0.2) is 11.4 Å². The molecule has 3 aromatic rings. The SMILES string of the molecule is Cc1ccc(C)c(C(O)c2cc3cccc(F)c3o2)c1. The van der Waals surface area contributed by atoms with Crippen LogP contribution in [0.3, 0.4) is 0 Å². The number of furan rings is 1. The van der Waals surface area contributed by atoms with Crippen LogP contribution in [0.4, 0.5) is 4.39 Å². The van der Waals surface area contributed by atoms with E-state index in [-0.39, 0.29) is 5.58 Å². The molecule has 0 saturated heterocycles. The number of para-hydroxylation sites is 1. The minimum absolute atomic E-state index is 0.187. The smallest absolute Gasteiger partial charge is 0.170 e. The lowest BCUT2D eigenvalue weighted by molar-refractivity contribution is 0.191. The fourth-order valence-corrected chi connectivity index (χ4v) is 2.39. The molecule has 1 heterocycles. The monoisotopic (exact) mass is 270 g/mol. The van der Waals surface area contributed by atoms with Crippen molar-refractivity contribution < 1.29 is 13.9 Å². The lowest BCUT2D eigenvalue weighted by Gasteiger charge is -2.12. The molecule has 1 aromatic heterocycles. The van der Waals surface area contributed by atoms with E-state index in [9.17, 15) is 9.50 Å². The highest BCUT2D eigenvalue weighted by Crippen LogP contribution is 2.31. The van der Waals surface area contributed by atoms with E-state index in [1.165, 1.54) is 6.07 Å². The van der Waals surface area contributed by atoms with Gasteiger partial charge in [0.1, 0.15) is 11.9 Å². The largest absolute Gasteiger partial charge is 0.455 e. The van der Waals surface area contributed by atoms with Crippen molar-refractivity contribution in [3.63, 3.8) is 0 Å². The standard InChI is InChI=1S/C17H15FO2/c1-10-6-7-11(2)13(8-10)16(19)15-9-12-4-3-5-14(18)17(12)20-15/h3-9,16,19H,1-2H3. The Morgan fingerprint density at radius 3 is 2.65 bits per heavy atom. The van der Waals surface area contributed by atoms with Gasteiger partial charge in [0.2, 0.25) is 0 Å². The molecule has 1 unspecified atom stereocenters. The van der Waals surface area contributed by atoms with Crippen molar-refractivity contribution in [2.75, 3.05) is 0 Å². The summed E-state index contributed by atoms with van der Waals surface area (Å²) in [6, 6.07) is 12.3. The molecule has 0 aliphatic carbocycles. The number of halogens is 1. The third-order valence-electron chi connectivity index (χ3n) is 3.51. The Hall–Kier alpha value is -2.13. The molecule has 3 heteroatoms. The molecule has 0 saturated carbocycles. The molecule has 1 N–H and O–H groups in total. The second-order valence-corrected chi connectivity index (χ2v) is 5.07. The zero-order valence-corrected chi connectivity index (χ0v) is 11.4. The maximum atomic E-state index is 13.6. The van der Waals surface area contributed by atoms with Crippen molar-refractivity contribution in [3.8, 4) is 0 Å².